The maximum absolute atomic E-state index is 12.3. The first-order valence-electron chi connectivity index (χ1n) is 7.26. The van der Waals surface area contributed by atoms with Crippen LogP contribution in [0.4, 0.5) is 4.79 Å². The van der Waals surface area contributed by atoms with Crippen molar-refractivity contribution in [3.05, 3.63) is 0 Å². The monoisotopic (exact) mass is 299 g/mol. The molecule has 0 aromatic rings. The highest BCUT2D eigenvalue weighted by Gasteiger charge is 2.26. The molecule has 1 rings (SSSR count). The summed E-state index contributed by atoms with van der Waals surface area (Å²) in [6.45, 7) is 7.47. The summed E-state index contributed by atoms with van der Waals surface area (Å²) < 4.78 is 0. The van der Waals surface area contributed by atoms with Crippen molar-refractivity contribution >= 4 is 17.9 Å². The Labute approximate surface area is 125 Å². The lowest BCUT2D eigenvalue weighted by molar-refractivity contribution is -0.137. The summed E-state index contributed by atoms with van der Waals surface area (Å²) in [6.07, 6.45) is 1.15. The number of urea groups is 1. The molecule has 0 bridgehead atoms. The van der Waals surface area contributed by atoms with Crippen LogP contribution in [0.5, 0.6) is 0 Å². The summed E-state index contributed by atoms with van der Waals surface area (Å²) in [4.78, 5) is 37.7. The molecule has 0 spiro atoms. The molecular formula is C14H25N3O4. The van der Waals surface area contributed by atoms with E-state index in [4.69, 9.17) is 5.11 Å². The van der Waals surface area contributed by atoms with Gasteiger partial charge in [0.05, 0.1) is 0 Å². The maximum Gasteiger partial charge on any atom is 0.317 e. The lowest BCUT2D eigenvalue weighted by atomic mass is 9.99. The first-order valence-corrected chi connectivity index (χ1v) is 7.26. The van der Waals surface area contributed by atoms with Crippen LogP contribution in [0, 0.1) is 0 Å². The average Bonchev–Trinajstić information content (AvgIpc) is 2.61. The number of carboxylic acid groups (broad SMARTS) is 1. The van der Waals surface area contributed by atoms with Crippen molar-refractivity contribution in [2.45, 2.75) is 45.6 Å². The van der Waals surface area contributed by atoms with Crippen molar-refractivity contribution in [2.24, 2.45) is 0 Å². The Bertz CT molecular complexity index is 409. The molecule has 0 atom stereocenters. The molecule has 1 aliphatic rings. The molecule has 0 aliphatic carbocycles. The van der Waals surface area contributed by atoms with E-state index in [0.29, 0.717) is 32.6 Å². The van der Waals surface area contributed by atoms with E-state index in [0.717, 1.165) is 6.42 Å². The van der Waals surface area contributed by atoms with Crippen LogP contribution in [0.3, 0.4) is 0 Å². The van der Waals surface area contributed by atoms with E-state index in [9.17, 15) is 14.4 Å². The van der Waals surface area contributed by atoms with Crippen molar-refractivity contribution in [3.8, 4) is 0 Å². The number of aliphatic carboxylic acids is 1. The second kappa shape index (κ2) is 7.28. The van der Waals surface area contributed by atoms with Crippen molar-refractivity contribution in [1.82, 2.24) is 15.1 Å². The molecule has 7 heteroatoms. The summed E-state index contributed by atoms with van der Waals surface area (Å²) in [5.74, 6) is -0.844. The molecular weight excluding hydrogens is 274 g/mol. The van der Waals surface area contributed by atoms with Crippen molar-refractivity contribution in [2.75, 3.05) is 26.2 Å². The van der Waals surface area contributed by atoms with Gasteiger partial charge in [0.1, 0.15) is 0 Å². The molecule has 0 aromatic carbocycles. The summed E-state index contributed by atoms with van der Waals surface area (Å²) in [6, 6.07) is -0.198. The average molecular weight is 299 g/mol. The summed E-state index contributed by atoms with van der Waals surface area (Å²) >= 11 is 0. The van der Waals surface area contributed by atoms with E-state index in [-0.39, 0.29) is 18.4 Å². The van der Waals surface area contributed by atoms with E-state index in [2.05, 4.69) is 5.32 Å². The van der Waals surface area contributed by atoms with Gasteiger partial charge < -0.3 is 20.2 Å². The summed E-state index contributed by atoms with van der Waals surface area (Å²) in [7, 11) is 0. The van der Waals surface area contributed by atoms with Gasteiger partial charge in [-0.1, -0.05) is 0 Å². The van der Waals surface area contributed by atoms with Crippen LogP contribution >= 0.6 is 0 Å². The lowest BCUT2D eigenvalue weighted by Crippen LogP contribution is -2.51. The van der Waals surface area contributed by atoms with Gasteiger partial charge in [-0.25, -0.2) is 4.79 Å². The molecule has 1 fully saturated rings. The third-order valence-electron chi connectivity index (χ3n) is 3.64. The Morgan fingerprint density at radius 2 is 1.67 bits per heavy atom. The molecule has 21 heavy (non-hydrogen) atoms. The van der Waals surface area contributed by atoms with Gasteiger partial charge >= 0.3 is 12.0 Å². The van der Waals surface area contributed by atoms with Crippen LogP contribution in [0.15, 0.2) is 0 Å². The van der Waals surface area contributed by atoms with Gasteiger partial charge in [0.25, 0.3) is 0 Å². The van der Waals surface area contributed by atoms with E-state index >= 15 is 0 Å². The fourth-order valence-electron chi connectivity index (χ4n) is 2.29. The van der Waals surface area contributed by atoms with Crippen molar-refractivity contribution < 1.29 is 19.5 Å². The Balaban J connectivity index is 2.51. The van der Waals surface area contributed by atoms with Crippen LogP contribution in [0.2, 0.25) is 0 Å². The van der Waals surface area contributed by atoms with Crippen molar-refractivity contribution in [1.29, 1.82) is 0 Å². The predicted molar refractivity (Wildman–Crippen MR) is 77.9 cm³/mol. The van der Waals surface area contributed by atoms with Crippen molar-refractivity contribution in [3.63, 3.8) is 0 Å². The van der Waals surface area contributed by atoms with Gasteiger partial charge in [-0.2, -0.15) is 0 Å². The fourth-order valence-corrected chi connectivity index (χ4v) is 2.29. The minimum absolute atomic E-state index is 0.0192. The third kappa shape index (κ3) is 6.01. The second-order valence-corrected chi connectivity index (χ2v) is 6.05. The molecule has 3 amide bonds. The zero-order valence-electron chi connectivity index (χ0n) is 13.0. The second-order valence-electron chi connectivity index (χ2n) is 6.05. The number of nitrogens with zero attached hydrogens (tertiary/aromatic N) is 2. The van der Waals surface area contributed by atoms with Crippen LogP contribution in [0.25, 0.3) is 0 Å². The highest BCUT2D eigenvalue weighted by atomic mass is 16.4. The Morgan fingerprint density at radius 1 is 1.10 bits per heavy atom. The zero-order chi connectivity index (χ0) is 16.0. The van der Waals surface area contributed by atoms with Crippen LogP contribution < -0.4 is 5.32 Å². The number of hydrogen-bond donors (Lipinski definition) is 2. The Kier molecular flexibility index (Phi) is 5.99. The third-order valence-corrected chi connectivity index (χ3v) is 3.64. The number of amides is 3. The van der Waals surface area contributed by atoms with E-state index < -0.39 is 11.5 Å². The van der Waals surface area contributed by atoms with Gasteiger partial charge in [-0.05, 0) is 26.7 Å². The van der Waals surface area contributed by atoms with Crippen LogP contribution in [0.1, 0.15) is 40.0 Å². The Hall–Kier alpha value is -1.79. The topological polar surface area (TPSA) is 90.0 Å². The van der Waals surface area contributed by atoms with Gasteiger partial charge in [0.15, 0.2) is 0 Å². The van der Waals surface area contributed by atoms with Crippen LogP contribution in [-0.4, -0.2) is 64.5 Å². The smallest absolute Gasteiger partial charge is 0.317 e. The SMILES string of the molecule is CC(=O)N1CCCN(C(=O)NC(C)(C)CCC(=O)O)CC1. The molecule has 1 saturated heterocycles. The normalized spacial score (nSPS) is 16.3. The van der Waals surface area contributed by atoms with E-state index in [1.165, 1.54) is 6.92 Å². The van der Waals surface area contributed by atoms with E-state index in [1.807, 2.05) is 13.8 Å². The minimum Gasteiger partial charge on any atom is -0.481 e. The first kappa shape index (κ1) is 17.3. The van der Waals surface area contributed by atoms with E-state index in [1.54, 1.807) is 9.80 Å². The molecule has 2 N–H and O–H groups in total. The lowest BCUT2D eigenvalue weighted by Gasteiger charge is -2.30. The molecule has 0 aromatic heterocycles. The number of carbonyl (C=O) groups is 3. The molecule has 120 valence electrons. The molecule has 7 nitrogen and oxygen atoms in total. The van der Waals surface area contributed by atoms with Crippen LogP contribution in [-0.2, 0) is 9.59 Å². The zero-order valence-corrected chi connectivity index (χ0v) is 13.0. The molecule has 0 unspecified atom stereocenters. The molecule has 0 radical (unpaired) electrons. The minimum atomic E-state index is -0.871. The number of hydrogen-bond acceptors (Lipinski definition) is 3. The number of carbonyl (C=O) groups excluding carboxylic acids is 2. The maximum atomic E-state index is 12.3. The highest BCUT2D eigenvalue weighted by Crippen LogP contribution is 2.13. The first-order chi connectivity index (χ1) is 9.71. The number of rotatable bonds is 4. The summed E-state index contributed by atoms with van der Waals surface area (Å²) in [5.41, 5.74) is -0.567. The molecule has 1 aliphatic heterocycles. The Morgan fingerprint density at radius 3 is 2.24 bits per heavy atom. The molecule has 0 saturated carbocycles. The number of carboxylic acids is 1. The highest BCUT2D eigenvalue weighted by molar-refractivity contribution is 5.76. The summed E-state index contributed by atoms with van der Waals surface area (Å²) in [5, 5.41) is 11.6. The number of nitrogens with one attached hydrogen (secondary N) is 1. The standard InChI is InChI=1S/C14H25N3O4/c1-11(18)16-7-4-8-17(10-9-16)13(21)15-14(2,3)6-5-12(19)20/h4-10H2,1-3H3,(H,15,21)(H,19,20). The van der Waals surface area contributed by atoms with Gasteiger partial charge in [-0.3, -0.25) is 9.59 Å². The largest absolute Gasteiger partial charge is 0.481 e. The van der Waals surface area contributed by atoms with Gasteiger partial charge in [0.2, 0.25) is 5.91 Å². The van der Waals surface area contributed by atoms with Gasteiger partial charge in [0, 0.05) is 45.1 Å². The van der Waals surface area contributed by atoms with Gasteiger partial charge in [-0.15, -0.1) is 0 Å². The quantitative estimate of drug-likeness (QED) is 0.807. The molecule has 1 heterocycles. The predicted octanol–water partition coefficient (Wildman–Crippen LogP) is 0.894. The fraction of sp³-hybridized carbons (Fsp3) is 0.786.